The van der Waals surface area contributed by atoms with Crippen molar-refractivity contribution in [2.45, 2.75) is 19.4 Å². The van der Waals surface area contributed by atoms with Gasteiger partial charge in [0, 0.05) is 17.7 Å². The van der Waals surface area contributed by atoms with E-state index in [2.05, 4.69) is 16.0 Å². The fourth-order valence-corrected chi connectivity index (χ4v) is 3.99. The Morgan fingerprint density at radius 3 is 2.23 bits per heavy atom. The van der Waals surface area contributed by atoms with Crippen LogP contribution in [-0.2, 0) is 11.2 Å². The average molecular weight is 524 g/mol. The molecule has 0 bridgehead atoms. The smallest absolute Gasteiger partial charge is 0.255 e. The van der Waals surface area contributed by atoms with Crippen molar-refractivity contribution in [2.75, 3.05) is 17.7 Å². The molecule has 4 aromatic carbocycles. The molecule has 3 amide bonds. The summed E-state index contributed by atoms with van der Waals surface area (Å²) in [6, 6.07) is 26.0. The lowest BCUT2D eigenvalue weighted by molar-refractivity contribution is -0.118. The van der Waals surface area contributed by atoms with Crippen molar-refractivity contribution in [3.05, 3.63) is 119 Å². The second-order valence-corrected chi connectivity index (χ2v) is 8.98. The molecule has 4 N–H and O–H groups in total. The molecule has 0 radical (unpaired) electrons. The molecular formula is C31H29N3O5. The zero-order valence-corrected chi connectivity index (χ0v) is 21.6. The molecule has 0 fully saturated rings. The number of benzene rings is 4. The summed E-state index contributed by atoms with van der Waals surface area (Å²) in [4.78, 5) is 39.6. The third-order valence-electron chi connectivity index (χ3n) is 6.06. The first-order valence-electron chi connectivity index (χ1n) is 12.3. The number of amides is 3. The van der Waals surface area contributed by atoms with Crippen LogP contribution in [0.2, 0.25) is 0 Å². The highest BCUT2D eigenvalue weighted by atomic mass is 16.5. The van der Waals surface area contributed by atoms with Crippen molar-refractivity contribution in [3.63, 3.8) is 0 Å². The Labute approximate surface area is 226 Å². The molecule has 0 aliphatic heterocycles. The Morgan fingerprint density at radius 1 is 0.821 bits per heavy atom. The normalized spacial score (nSPS) is 11.2. The molecular weight excluding hydrogens is 494 g/mol. The lowest BCUT2D eigenvalue weighted by Crippen LogP contribution is -2.45. The number of hydrogen-bond acceptors (Lipinski definition) is 5. The number of anilines is 2. The number of aromatic hydroxyl groups is 1. The Balaban J connectivity index is 1.55. The van der Waals surface area contributed by atoms with Gasteiger partial charge in [0.05, 0.1) is 18.4 Å². The predicted octanol–water partition coefficient (Wildman–Crippen LogP) is 4.94. The summed E-state index contributed by atoms with van der Waals surface area (Å²) in [6.45, 7) is 1.92. The number of methoxy groups -OCH3 is 1. The molecule has 8 nitrogen and oxygen atoms in total. The largest absolute Gasteiger partial charge is 0.508 e. The second-order valence-electron chi connectivity index (χ2n) is 8.98. The molecule has 0 aromatic heterocycles. The van der Waals surface area contributed by atoms with E-state index in [1.807, 2.05) is 25.1 Å². The van der Waals surface area contributed by atoms with Crippen LogP contribution in [0, 0.1) is 6.92 Å². The van der Waals surface area contributed by atoms with Crippen molar-refractivity contribution in [3.8, 4) is 11.5 Å². The topological polar surface area (TPSA) is 117 Å². The zero-order chi connectivity index (χ0) is 27.8. The first-order valence-corrected chi connectivity index (χ1v) is 12.3. The van der Waals surface area contributed by atoms with Gasteiger partial charge < -0.3 is 25.8 Å². The zero-order valence-electron chi connectivity index (χ0n) is 21.6. The summed E-state index contributed by atoms with van der Waals surface area (Å²) < 4.78 is 5.14. The van der Waals surface area contributed by atoms with Gasteiger partial charge in [-0.25, -0.2) is 0 Å². The van der Waals surface area contributed by atoms with Crippen molar-refractivity contribution in [1.29, 1.82) is 0 Å². The SMILES string of the molecule is COc1ccc(C(=O)Nc2ccccc2C(=O)N[C@@H](Cc2ccc(O)cc2)C(=O)Nc2cccc(C)c2)cc1. The molecule has 0 aliphatic carbocycles. The minimum atomic E-state index is -0.937. The van der Waals surface area contributed by atoms with Crippen LogP contribution in [0.5, 0.6) is 11.5 Å². The maximum Gasteiger partial charge on any atom is 0.255 e. The van der Waals surface area contributed by atoms with Gasteiger partial charge in [-0.05, 0) is 78.7 Å². The minimum absolute atomic E-state index is 0.102. The summed E-state index contributed by atoms with van der Waals surface area (Å²) in [7, 11) is 1.54. The van der Waals surface area contributed by atoms with Gasteiger partial charge in [-0.2, -0.15) is 0 Å². The number of carbonyl (C=O) groups excluding carboxylic acids is 3. The van der Waals surface area contributed by atoms with E-state index in [1.165, 1.54) is 12.1 Å². The van der Waals surface area contributed by atoms with Crippen molar-refractivity contribution in [2.24, 2.45) is 0 Å². The molecule has 0 spiro atoms. The van der Waals surface area contributed by atoms with E-state index in [0.717, 1.165) is 11.1 Å². The maximum absolute atomic E-state index is 13.4. The maximum atomic E-state index is 13.4. The molecule has 4 aromatic rings. The Bertz CT molecular complexity index is 1470. The summed E-state index contributed by atoms with van der Waals surface area (Å²) in [6.07, 6.45) is 0.185. The number of para-hydroxylation sites is 1. The van der Waals surface area contributed by atoms with Gasteiger partial charge in [-0.1, -0.05) is 36.4 Å². The number of hydrogen-bond donors (Lipinski definition) is 4. The lowest BCUT2D eigenvalue weighted by atomic mass is 10.0. The number of phenols is 1. The molecule has 1 atom stereocenters. The fourth-order valence-electron chi connectivity index (χ4n) is 3.99. The summed E-state index contributed by atoms with van der Waals surface area (Å²) >= 11 is 0. The summed E-state index contributed by atoms with van der Waals surface area (Å²) in [5.74, 6) is -0.596. The van der Waals surface area contributed by atoms with E-state index in [-0.39, 0.29) is 17.7 Å². The van der Waals surface area contributed by atoms with Crippen molar-refractivity contribution < 1.29 is 24.2 Å². The number of aryl methyl sites for hydroxylation is 1. The van der Waals surface area contributed by atoms with E-state index in [0.29, 0.717) is 22.7 Å². The van der Waals surface area contributed by atoms with Crippen molar-refractivity contribution >= 4 is 29.1 Å². The van der Waals surface area contributed by atoms with E-state index in [4.69, 9.17) is 4.74 Å². The molecule has 8 heteroatoms. The minimum Gasteiger partial charge on any atom is -0.508 e. The Morgan fingerprint density at radius 2 is 1.54 bits per heavy atom. The second kappa shape index (κ2) is 12.4. The van der Waals surface area contributed by atoms with Crippen molar-refractivity contribution in [1.82, 2.24) is 5.32 Å². The van der Waals surface area contributed by atoms with Crippen LogP contribution in [-0.4, -0.2) is 36.0 Å². The van der Waals surface area contributed by atoms with E-state index >= 15 is 0 Å². The summed E-state index contributed by atoms with van der Waals surface area (Å²) in [5.41, 5.74) is 3.25. The van der Waals surface area contributed by atoms with Gasteiger partial charge >= 0.3 is 0 Å². The highest BCUT2D eigenvalue weighted by molar-refractivity contribution is 6.10. The standard InChI is InChI=1S/C31H29N3O5/c1-20-6-5-7-23(18-20)32-31(38)28(19-21-10-14-24(35)15-11-21)34-30(37)26-8-3-4-9-27(26)33-29(36)22-12-16-25(39-2)17-13-22/h3-18,28,35H,19H2,1-2H3,(H,32,38)(H,33,36)(H,34,37)/t28-/m0/s1. The molecule has 0 saturated carbocycles. The van der Waals surface area contributed by atoms with Gasteiger partial charge in [-0.3, -0.25) is 14.4 Å². The molecule has 0 aliphatic rings. The molecule has 4 rings (SSSR count). The first kappa shape index (κ1) is 26.9. The van der Waals surface area contributed by atoms with Crippen LogP contribution in [0.4, 0.5) is 11.4 Å². The van der Waals surface area contributed by atoms with Crippen LogP contribution < -0.4 is 20.7 Å². The monoisotopic (exact) mass is 523 g/mol. The Kier molecular flexibility index (Phi) is 8.58. The van der Waals surface area contributed by atoms with E-state index in [1.54, 1.807) is 73.8 Å². The number of carbonyl (C=O) groups is 3. The van der Waals surface area contributed by atoms with Crippen LogP contribution in [0.25, 0.3) is 0 Å². The van der Waals surface area contributed by atoms with Crippen LogP contribution in [0.1, 0.15) is 31.8 Å². The van der Waals surface area contributed by atoms with Crippen LogP contribution >= 0.6 is 0 Å². The fraction of sp³-hybridized carbons (Fsp3) is 0.129. The van der Waals surface area contributed by atoms with Crippen LogP contribution in [0.15, 0.2) is 97.1 Å². The number of ether oxygens (including phenoxy) is 1. The molecule has 198 valence electrons. The number of nitrogens with one attached hydrogen (secondary N) is 3. The molecule has 39 heavy (non-hydrogen) atoms. The summed E-state index contributed by atoms with van der Waals surface area (Å²) in [5, 5.41) is 18.1. The van der Waals surface area contributed by atoms with Gasteiger partial charge in [0.25, 0.3) is 11.8 Å². The third kappa shape index (κ3) is 7.23. The van der Waals surface area contributed by atoms with E-state index < -0.39 is 23.8 Å². The molecule has 0 saturated heterocycles. The highest BCUT2D eigenvalue weighted by Gasteiger charge is 2.24. The van der Waals surface area contributed by atoms with Gasteiger partial charge in [0.15, 0.2) is 0 Å². The quantitative estimate of drug-likeness (QED) is 0.248. The number of rotatable bonds is 9. The lowest BCUT2D eigenvalue weighted by Gasteiger charge is -2.20. The van der Waals surface area contributed by atoms with E-state index in [9.17, 15) is 19.5 Å². The average Bonchev–Trinajstić information content (AvgIpc) is 2.94. The molecule has 0 heterocycles. The molecule has 0 unspecified atom stereocenters. The van der Waals surface area contributed by atoms with Crippen LogP contribution in [0.3, 0.4) is 0 Å². The Hall–Kier alpha value is -5.11. The highest BCUT2D eigenvalue weighted by Crippen LogP contribution is 2.19. The van der Waals surface area contributed by atoms with Gasteiger partial charge in [0.2, 0.25) is 5.91 Å². The third-order valence-corrected chi connectivity index (χ3v) is 6.06. The number of phenolic OH excluding ortho intramolecular Hbond substituents is 1. The van der Waals surface area contributed by atoms with Gasteiger partial charge in [-0.15, -0.1) is 0 Å². The predicted molar refractivity (Wildman–Crippen MR) is 150 cm³/mol. The first-order chi connectivity index (χ1) is 18.8. The van der Waals surface area contributed by atoms with Gasteiger partial charge in [0.1, 0.15) is 17.5 Å².